The zero-order valence-electron chi connectivity index (χ0n) is 14.2. The smallest absolute Gasteiger partial charge is 0.260 e. The zero-order valence-corrected chi connectivity index (χ0v) is 15.0. The minimum atomic E-state index is -0.277. The molecule has 4 rings (SSSR count). The van der Waals surface area contributed by atoms with Gasteiger partial charge in [-0.05, 0) is 36.4 Å². The molecule has 2 aromatic carbocycles. The van der Waals surface area contributed by atoms with E-state index in [1.165, 1.54) is 0 Å². The number of carbonyl (C=O) groups excluding carboxylic acids is 1. The molecule has 0 saturated heterocycles. The largest absolute Gasteiger partial charge is 0.306 e. The number of nitrogens with one attached hydrogen (secondary N) is 1. The average molecular weight is 375 g/mol. The molecule has 5 nitrogen and oxygen atoms in total. The van der Waals surface area contributed by atoms with Crippen molar-refractivity contribution in [3.63, 3.8) is 0 Å². The van der Waals surface area contributed by atoms with Gasteiger partial charge >= 0.3 is 0 Å². The SMILES string of the molecule is O=C(Nc1ccccn1)c1cn(-c2ccccc2)nc1-c1ccc(Cl)cc1. The molecule has 27 heavy (non-hydrogen) atoms. The molecule has 1 N–H and O–H groups in total. The van der Waals surface area contributed by atoms with E-state index in [2.05, 4.69) is 15.4 Å². The second-order valence-corrected chi connectivity index (χ2v) is 6.28. The number of halogens is 1. The van der Waals surface area contributed by atoms with E-state index in [1.54, 1.807) is 41.3 Å². The van der Waals surface area contributed by atoms with Crippen LogP contribution < -0.4 is 5.32 Å². The van der Waals surface area contributed by atoms with E-state index in [1.807, 2.05) is 48.5 Å². The maximum absolute atomic E-state index is 12.9. The molecule has 1 amide bonds. The van der Waals surface area contributed by atoms with E-state index in [0.29, 0.717) is 22.1 Å². The fourth-order valence-electron chi connectivity index (χ4n) is 2.69. The molecular formula is C21H15ClN4O. The highest BCUT2D eigenvalue weighted by Crippen LogP contribution is 2.26. The number of amides is 1. The molecular weight excluding hydrogens is 360 g/mol. The summed E-state index contributed by atoms with van der Waals surface area (Å²) in [6.45, 7) is 0. The van der Waals surface area contributed by atoms with E-state index in [-0.39, 0.29) is 5.91 Å². The Morgan fingerprint density at radius 1 is 0.926 bits per heavy atom. The summed E-state index contributed by atoms with van der Waals surface area (Å²) in [5, 5.41) is 8.08. The van der Waals surface area contributed by atoms with Crippen molar-refractivity contribution in [3.8, 4) is 16.9 Å². The van der Waals surface area contributed by atoms with Gasteiger partial charge in [0.15, 0.2) is 0 Å². The third-order valence-electron chi connectivity index (χ3n) is 4.00. The number of pyridine rings is 1. The van der Waals surface area contributed by atoms with Gasteiger partial charge in [0.2, 0.25) is 0 Å². The van der Waals surface area contributed by atoms with E-state index >= 15 is 0 Å². The summed E-state index contributed by atoms with van der Waals surface area (Å²) in [4.78, 5) is 17.0. The quantitative estimate of drug-likeness (QED) is 0.556. The van der Waals surface area contributed by atoms with Gasteiger partial charge in [-0.2, -0.15) is 5.10 Å². The second kappa shape index (κ2) is 7.43. The van der Waals surface area contributed by atoms with Gasteiger partial charge < -0.3 is 5.32 Å². The normalized spacial score (nSPS) is 10.6. The first-order valence-corrected chi connectivity index (χ1v) is 8.72. The van der Waals surface area contributed by atoms with Gasteiger partial charge in [0, 0.05) is 23.0 Å². The summed E-state index contributed by atoms with van der Waals surface area (Å²) in [6, 6.07) is 22.2. The lowest BCUT2D eigenvalue weighted by Crippen LogP contribution is -2.13. The Labute approximate surface area is 161 Å². The highest BCUT2D eigenvalue weighted by molar-refractivity contribution is 6.30. The standard InChI is InChI=1S/C21H15ClN4O/c22-16-11-9-15(10-12-16)20-18(21(27)24-19-8-4-5-13-23-19)14-26(25-20)17-6-2-1-3-7-17/h1-14H,(H,23,24,27). The molecule has 0 bridgehead atoms. The van der Waals surface area contributed by atoms with Crippen molar-refractivity contribution >= 4 is 23.3 Å². The van der Waals surface area contributed by atoms with Crippen LogP contribution in [0.5, 0.6) is 0 Å². The van der Waals surface area contributed by atoms with Crippen LogP contribution in [0, 0.1) is 0 Å². The summed E-state index contributed by atoms with van der Waals surface area (Å²) in [5.41, 5.74) is 2.70. The lowest BCUT2D eigenvalue weighted by atomic mass is 10.1. The van der Waals surface area contributed by atoms with E-state index in [0.717, 1.165) is 11.3 Å². The molecule has 0 fully saturated rings. The molecule has 0 atom stereocenters. The van der Waals surface area contributed by atoms with E-state index < -0.39 is 0 Å². The van der Waals surface area contributed by atoms with Gasteiger partial charge in [-0.1, -0.05) is 48.0 Å². The van der Waals surface area contributed by atoms with Crippen LogP contribution in [0.15, 0.2) is 85.2 Å². The molecule has 132 valence electrons. The van der Waals surface area contributed by atoms with Crippen molar-refractivity contribution in [2.24, 2.45) is 0 Å². The fraction of sp³-hybridized carbons (Fsp3) is 0. The maximum atomic E-state index is 12.9. The highest BCUT2D eigenvalue weighted by atomic mass is 35.5. The summed E-state index contributed by atoms with van der Waals surface area (Å²) in [6.07, 6.45) is 3.35. The summed E-state index contributed by atoms with van der Waals surface area (Å²) in [5.74, 6) is 0.206. The van der Waals surface area contributed by atoms with Crippen molar-refractivity contribution in [2.45, 2.75) is 0 Å². The average Bonchev–Trinajstić information content (AvgIpc) is 3.16. The number of nitrogens with zero attached hydrogens (tertiary/aromatic N) is 3. The number of hydrogen-bond donors (Lipinski definition) is 1. The fourth-order valence-corrected chi connectivity index (χ4v) is 2.82. The van der Waals surface area contributed by atoms with Crippen LogP contribution in [-0.2, 0) is 0 Å². The lowest BCUT2D eigenvalue weighted by Gasteiger charge is -2.04. The Hall–Kier alpha value is -3.44. The van der Waals surface area contributed by atoms with Crippen molar-refractivity contribution in [2.75, 3.05) is 5.32 Å². The molecule has 0 aliphatic heterocycles. The monoisotopic (exact) mass is 374 g/mol. The molecule has 0 aliphatic carbocycles. The van der Waals surface area contributed by atoms with Crippen LogP contribution in [-0.4, -0.2) is 20.7 Å². The number of benzene rings is 2. The molecule has 0 unspecified atom stereocenters. The first-order valence-electron chi connectivity index (χ1n) is 8.34. The van der Waals surface area contributed by atoms with Crippen molar-refractivity contribution in [1.29, 1.82) is 0 Å². The molecule has 2 heterocycles. The highest BCUT2D eigenvalue weighted by Gasteiger charge is 2.19. The van der Waals surface area contributed by atoms with Gasteiger partial charge in [0.1, 0.15) is 11.5 Å². The van der Waals surface area contributed by atoms with Crippen LogP contribution in [0.1, 0.15) is 10.4 Å². The van der Waals surface area contributed by atoms with E-state index in [4.69, 9.17) is 11.6 Å². The summed E-state index contributed by atoms with van der Waals surface area (Å²) in [7, 11) is 0. The molecule has 0 aliphatic rings. The zero-order chi connectivity index (χ0) is 18.6. The van der Waals surface area contributed by atoms with Crippen LogP contribution >= 0.6 is 11.6 Å². The lowest BCUT2D eigenvalue weighted by molar-refractivity contribution is 0.102. The predicted molar refractivity (Wildman–Crippen MR) is 106 cm³/mol. The van der Waals surface area contributed by atoms with Crippen LogP contribution in [0.2, 0.25) is 5.02 Å². The summed E-state index contributed by atoms with van der Waals surface area (Å²) >= 11 is 6.00. The molecule has 0 spiro atoms. The predicted octanol–water partition coefficient (Wildman–Crippen LogP) is 4.84. The first-order chi connectivity index (χ1) is 13.2. The number of para-hydroxylation sites is 1. The van der Waals surface area contributed by atoms with Crippen molar-refractivity contribution in [3.05, 3.63) is 95.8 Å². The Balaban J connectivity index is 1.77. The van der Waals surface area contributed by atoms with Crippen LogP contribution in [0.4, 0.5) is 5.82 Å². The number of anilines is 1. The number of aromatic nitrogens is 3. The molecule has 4 aromatic rings. The van der Waals surface area contributed by atoms with Gasteiger partial charge in [0.25, 0.3) is 5.91 Å². The Morgan fingerprint density at radius 2 is 1.67 bits per heavy atom. The number of rotatable bonds is 4. The number of hydrogen-bond acceptors (Lipinski definition) is 3. The molecule has 2 aromatic heterocycles. The molecule has 0 saturated carbocycles. The molecule has 0 radical (unpaired) electrons. The third-order valence-corrected chi connectivity index (χ3v) is 4.26. The Kier molecular flexibility index (Phi) is 4.68. The topological polar surface area (TPSA) is 59.8 Å². The minimum absolute atomic E-state index is 0.277. The van der Waals surface area contributed by atoms with Gasteiger partial charge in [-0.3, -0.25) is 4.79 Å². The first kappa shape index (κ1) is 17.0. The Bertz CT molecular complexity index is 1060. The van der Waals surface area contributed by atoms with Crippen molar-refractivity contribution < 1.29 is 4.79 Å². The van der Waals surface area contributed by atoms with Gasteiger partial charge in [-0.25, -0.2) is 9.67 Å². The van der Waals surface area contributed by atoms with Gasteiger partial charge in [-0.15, -0.1) is 0 Å². The number of carbonyl (C=O) groups is 1. The summed E-state index contributed by atoms with van der Waals surface area (Å²) < 4.78 is 1.69. The van der Waals surface area contributed by atoms with Gasteiger partial charge in [0.05, 0.1) is 11.3 Å². The minimum Gasteiger partial charge on any atom is -0.306 e. The van der Waals surface area contributed by atoms with E-state index in [9.17, 15) is 4.79 Å². The van der Waals surface area contributed by atoms with Crippen LogP contribution in [0.3, 0.4) is 0 Å². The van der Waals surface area contributed by atoms with Crippen molar-refractivity contribution in [1.82, 2.24) is 14.8 Å². The third kappa shape index (κ3) is 3.73. The van der Waals surface area contributed by atoms with Crippen LogP contribution in [0.25, 0.3) is 16.9 Å². The Morgan fingerprint density at radius 3 is 2.37 bits per heavy atom. The molecule has 6 heteroatoms. The maximum Gasteiger partial charge on any atom is 0.260 e. The second-order valence-electron chi connectivity index (χ2n) is 5.85.